The number of hydrogen-bond donors (Lipinski definition) is 0. The Morgan fingerprint density at radius 3 is 2.75 bits per heavy atom. The molecule has 1 aliphatic rings. The monoisotopic (exact) mass is 380 g/mol. The Labute approximate surface area is 164 Å². The van der Waals surface area contributed by atoms with Crippen LogP contribution in [0, 0.1) is 19.7 Å². The summed E-state index contributed by atoms with van der Waals surface area (Å²) in [5, 5.41) is 1.01. The fourth-order valence-corrected chi connectivity index (χ4v) is 3.91. The second-order valence-electron chi connectivity index (χ2n) is 7.61. The van der Waals surface area contributed by atoms with E-state index in [1.807, 2.05) is 36.9 Å². The minimum absolute atomic E-state index is 0.0426. The van der Waals surface area contributed by atoms with Gasteiger partial charge in [0, 0.05) is 43.7 Å². The summed E-state index contributed by atoms with van der Waals surface area (Å²) in [6.45, 7) is 7.68. The average Bonchev–Trinajstić information content (AvgIpc) is 2.84. The molecule has 0 atom stereocenters. The third-order valence-corrected chi connectivity index (χ3v) is 5.46. The van der Waals surface area contributed by atoms with E-state index < -0.39 is 0 Å². The predicted molar refractivity (Wildman–Crippen MR) is 108 cm³/mol. The van der Waals surface area contributed by atoms with Crippen LogP contribution >= 0.6 is 0 Å². The molecule has 4 nitrogen and oxygen atoms in total. The standard InChI is InChI=1S/C23H25FN2O2/c1-16-7-8-21-20(13-16)17(2)22(28-21)23(27)26-10-4-9-25(11-12-26)15-18-5-3-6-19(24)14-18/h3,5-8,13-14H,4,9-12,15H2,1-2H3. The highest BCUT2D eigenvalue weighted by molar-refractivity contribution is 5.99. The molecule has 3 aromatic rings. The van der Waals surface area contributed by atoms with E-state index in [-0.39, 0.29) is 11.7 Å². The van der Waals surface area contributed by atoms with Crippen molar-refractivity contribution in [1.82, 2.24) is 9.80 Å². The molecule has 2 aromatic carbocycles. The van der Waals surface area contributed by atoms with Gasteiger partial charge in [0.25, 0.3) is 5.91 Å². The molecule has 0 bridgehead atoms. The van der Waals surface area contributed by atoms with Crippen molar-refractivity contribution in [1.29, 1.82) is 0 Å². The third-order valence-electron chi connectivity index (χ3n) is 5.46. The molecule has 1 saturated heterocycles. The van der Waals surface area contributed by atoms with Crippen LogP contribution in [0.2, 0.25) is 0 Å². The lowest BCUT2D eigenvalue weighted by molar-refractivity contribution is 0.0730. The highest BCUT2D eigenvalue weighted by atomic mass is 19.1. The molecule has 28 heavy (non-hydrogen) atoms. The van der Waals surface area contributed by atoms with Crippen LogP contribution < -0.4 is 0 Å². The van der Waals surface area contributed by atoms with E-state index in [0.29, 0.717) is 25.4 Å². The van der Waals surface area contributed by atoms with Gasteiger partial charge in [0.2, 0.25) is 0 Å². The SMILES string of the molecule is Cc1ccc2oc(C(=O)N3CCCN(Cc4cccc(F)c4)CC3)c(C)c2c1. The second-order valence-corrected chi connectivity index (χ2v) is 7.61. The zero-order valence-corrected chi connectivity index (χ0v) is 16.4. The first-order valence-corrected chi connectivity index (χ1v) is 9.77. The average molecular weight is 380 g/mol. The number of benzene rings is 2. The molecule has 0 aliphatic carbocycles. The first-order chi connectivity index (χ1) is 13.5. The normalized spacial score (nSPS) is 15.8. The zero-order valence-electron chi connectivity index (χ0n) is 16.4. The summed E-state index contributed by atoms with van der Waals surface area (Å²) in [7, 11) is 0. The van der Waals surface area contributed by atoms with E-state index in [9.17, 15) is 9.18 Å². The summed E-state index contributed by atoms with van der Waals surface area (Å²) in [5.41, 5.74) is 3.78. The summed E-state index contributed by atoms with van der Waals surface area (Å²) >= 11 is 0. The van der Waals surface area contributed by atoms with Crippen LogP contribution in [0.1, 0.15) is 33.7 Å². The van der Waals surface area contributed by atoms with Crippen molar-refractivity contribution in [2.24, 2.45) is 0 Å². The maximum atomic E-state index is 13.4. The summed E-state index contributed by atoms with van der Waals surface area (Å²) in [5.74, 6) is 0.192. The summed E-state index contributed by atoms with van der Waals surface area (Å²) < 4.78 is 19.3. The van der Waals surface area contributed by atoms with Crippen molar-refractivity contribution >= 4 is 16.9 Å². The lowest BCUT2D eigenvalue weighted by atomic mass is 10.1. The number of carbonyl (C=O) groups is 1. The third kappa shape index (κ3) is 3.80. The highest BCUT2D eigenvalue weighted by Crippen LogP contribution is 2.27. The van der Waals surface area contributed by atoms with E-state index in [1.165, 1.54) is 6.07 Å². The summed E-state index contributed by atoms with van der Waals surface area (Å²) in [6, 6.07) is 12.7. The van der Waals surface area contributed by atoms with Gasteiger partial charge in [-0.2, -0.15) is 0 Å². The Morgan fingerprint density at radius 1 is 1.07 bits per heavy atom. The molecule has 0 unspecified atom stereocenters. The van der Waals surface area contributed by atoms with E-state index in [0.717, 1.165) is 47.2 Å². The molecular formula is C23H25FN2O2. The van der Waals surface area contributed by atoms with Gasteiger partial charge in [-0.25, -0.2) is 4.39 Å². The molecular weight excluding hydrogens is 355 g/mol. The lowest BCUT2D eigenvalue weighted by Gasteiger charge is -2.21. The van der Waals surface area contributed by atoms with Gasteiger partial charge in [0.15, 0.2) is 5.76 Å². The largest absolute Gasteiger partial charge is 0.451 e. The molecule has 1 amide bonds. The van der Waals surface area contributed by atoms with Crippen LogP contribution in [0.15, 0.2) is 46.9 Å². The first-order valence-electron chi connectivity index (χ1n) is 9.77. The van der Waals surface area contributed by atoms with Gasteiger partial charge in [-0.15, -0.1) is 0 Å². The second kappa shape index (κ2) is 7.76. The number of aryl methyl sites for hydroxylation is 2. The Hall–Kier alpha value is -2.66. The van der Waals surface area contributed by atoms with Crippen LogP contribution in [0.25, 0.3) is 11.0 Å². The van der Waals surface area contributed by atoms with E-state index in [4.69, 9.17) is 4.42 Å². The van der Waals surface area contributed by atoms with Crippen molar-refractivity contribution in [3.63, 3.8) is 0 Å². The molecule has 0 radical (unpaired) electrons. The van der Waals surface area contributed by atoms with Crippen molar-refractivity contribution in [3.8, 4) is 0 Å². The van der Waals surface area contributed by atoms with Gasteiger partial charge in [-0.1, -0.05) is 23.8 Å². The summed E-state index contributed by atoms with van der Waals surface area (Å²) in [4.78, 5) is 17.3. The Morgan fingerprint density at radius 2 is 1.93 bits per heavy atom. The van der Waals surface area contributed by atoms with Gasteiger partial charge >= 0.3 is 0 Å². The Kier molecular flexibility index (Phi) is 5.18. The van der Waals surface area contributed by atoms with Crippen LogP contribution in [-0.2, 0) is 6.54 Å². The molecule has 4 rings (SSSR count). The van der Waals surface area contributed by atoms with Crippen LogP contribution in [0.4, 0.5) is 4.39 Å². The van der Waals surface area contributed by atoms with Crippen LogP contribution in [0.3, 0.4) is 0 Å². The summed E-state index contributed by atoms with van der Waals surface area (Å²) in [6.07, 6.45) is 0.888. The number of furan rings is 1. The zero-order chi connectivity index (χ0) is 19.7. The topological polar surface area (TPSA) is 36.7 Å². The molecule has 146 valence electrons. The highest BCUT2D eigenvalue weighted by Gasteiger charge is 2.25. The van der Waals surface area contributed by atoms with Gasteiger partial charge in [0.1, 0.15) is 11.4 Å². The first kappa shape index (κ1) is 18.7. The fraction of sp³-hybridized carbons (Fsp3) is 0.348. The quantitative estimate of drug-likeness (QED) is 0.670. The smallest absolute Gasteiger partial charge is 0.289 e. The Bertz CT molecular complexity index is 1010. The predicted octanol–water partition coefficient (Wildman–Crippen LogP) is 4.54. The molecule has 1 aliphatic heterocycles. The van der Waals surface area contributed by atoms with Crippen molar-refractivity contribution in [3.05, 3.63) is 70.7 Å². The lowest BCUT2D eigenvalue weighted by Crippen LogP contribution is -2.35. The number of amides is 1. The van der Waals surface area contributed by atoms with Gasteiger partial charge in [-0.05, 0) is 50.1 Å². The number of halogens is 1. The van der Waals surface area contributed by atoms with Crippen LogP contribution in [0.5, 0.6) is 0 Å². The molecule has 5 heteroatoms. The van der Waals surface area contributed by atoms with E-state index in [1.54, 1.807) is 12.1 Å². The minimum atomic E-state index is -0.209. The van der Waals surface area contributed by atoms with Crippen LogP contribution in [-0.4, -0.2) is 41.9 Å². The number of rotatable bonds is 3. The van der Waals surface area contributed by atoms with Crippen molar-refractivity contribution < 1.29 is 13.6 Å². The van der Waals surface area contributed by atoms with Crippen molar-refractivity contribution in [2.45, 2.75) is 26.8 Å². The Balaban J connectivity index is 1.47. The number of nitrogens with zero attached hydrogens (tertiary/aromatic N) is 2. The number of hydrogen-bond acceptors (Lipinski definition) is 3. The molecule has 0 N–H and O–H groups in total. The number of fused-ring (bicyclic) bond motifs is 1. The van der Waals surface area contributed by atoms with E-state index >= 15 is 0 Å². The van der Waals surface area contributed by atoms with Gasteiger partial charge in [-0.3, -0.25) is 9.69 Å². The molecule has 2 heterocycles. The van der Waals surface area contributed by atoms with Gasteiger partial charge < -0.3 is 9.32 Å². The molecule has 0 saturated carbocycles. The van der Waals surface area contributed by atoms with E-state index in [2.05, 4.69) is 11.0 Å². The molecule has 1 aromatic heterocycles. The maximum Gasteiger partial charge on any atom is 0.289 e. The molecule has 1 fully saturated rings. The fourth-order valence-electron chi connectivity index (χ4n) is 3.91. The molecule has 0 spiro atoms. The van der Waals surface area contributed by atoms with Gasteiger partial charge in [0.05, 0.1) is 0 Å². The minimum Gasteiger partial charge on any atom is -0.451 e. The maximum absolute atomic E-state index is 13.4. The number of carbonyl (C=O) groups excluding carboxylic acids is 1. The van der Waals surface area contributed by atoms with Crippen molar-refractivity contribution in [2.75, 3.05) is 26.2 Å².